The highest BCUT2D eigenvalue weighted by Crippen LogP contribution is 2.26. The third-order valence-electron chi connectivity index (χ3n) is 5.85. The number of anilines is 1. The number of imidazole rings is 1. The average Bonchev–Trinajstić information content (AvgIpc) is 3.08. The lowest BCUT2D eigenvalue weighted by atomic mass is 10.0. The predicted octanol–water partition coefficient (Wildman–Crippen LogP) is 3.15. The van der Waals surface area contributed by atoms with Gasteiger partial charge in [-0.25, -0.2) is 9.18 Å². The largest absolute Gasteiger partial charge is 0.351 e. The normalized spacial score (nSPS) is 15.0. The second-order valence-corrected chi connectivity index (χ2v) is 8.60. The Morgan fingerprint density at radius 3 is 2.67 bits per heavy atom. The maximum absolute atomic E-state index is 13.5. The van der Waals surface area contributed by atoms with Crippen LogP contribution in [0.1, 0.15) is 36.2 Å². The Hall–Kier alpha value is -3.17. The number of aromatic amines is 1. The van der Waals surface area contributed by atoms with Gasteiger partial charge in [0.1, 0.15) is 5.82 Å². The average molecular weight is 474 g/mol. The van der Waals surface area contributed by atoms with Gasteiger partial charge in [0.2, 0.25) is 5.91 Å². The Morgan fingerprint density at radius 1 is 1.18 bits per heavy atom. The summed E-state index contributed by atoms with van der Waals surface area (Å²) in [6.45, 7) is 3.94. The van der Waals surface area contributed by atoms with Crippen molar-refractivity contribution in [3.8, 4) is 0 Å². The lowest BCUT2D eigenvalue weighted by Gasteiger charge is -2.32. The molecule has 4 rings (SSSR count). The molecule has 33 heavy (non-hydrogen) atoms. The van der Waals surface area contributed by atoms with E-state index in [4.69, 9.17) is 11.6 Å². The first-order chi connectivity index (χ1) is 15.8. The van der Waals surface area contributed by atoms with Crippen LogP contribution in [-0.4, -0.2) is 52.4 Å². The maximum Gasteiger partial charge on any atom is 0.326 e. The van der Waals surface area contributed by atoms with Gasteiger partial charge in [-0.2, -0.15) is 0 Å². The summed E-state index contributed by atoms with van der Waals surface area (Å²) in [7, 11) is 0. The van der Waals surface area contributed by atoms with E-state index in [0.29, 0.717) is 18.1 Å². The number of carbonyl (C=O) groups is 2. The van der Waals surface area contributed by atoms with Crippen LogP contribution in [-0.2, 0) is 4.79 Å². The number of halogens is 2. The monoisotopic (exact) mass is 473 g/mol. The van der Waals surface area contributed by atoms with Crippen molar-refractivity contribution in [3.05, 3.63) is 63.3 Å². The first-order valence-electron chi connectivity index (χ1n) is 10.8. The number of benzene rings is 2. The summed E-state index contributed by atoms with van der Waals surface area (Å²) in [5.41, 5.74) is 1.81. The number of H-pyrrole nitrogens is 1. The number of likely N-dealkylation sites (tertiary alicyclic amines) is 1. The number of fused-ring (bicyclic) bond motifs is 1. The van der Waals surface area contributed by atoms with Crippen LogP contribution < -0.4 is 16.3 Å². The molecular formula is C23H25ClFN5O3. The Morgan fingerprint density at radius 2 is 1.94 bits per heavy atom. The van der Waals surface area contributed by atoms with Crippen molar-refractivity contribution in [1.82, 2.24) is 19.8 Å². The fourth-order valence-corrected chi connectivity index (χ4v) is 4.47. The summed E-state index contributed by atoms with van der Waals surface area (Å²) >= 11 is 6.03. The molecule has 0 aliphatic carbocycles. The van der Waals surface area contributed by atoms with E-state index in [1.165, 1.54) is 19.1 Å². The van der Waals surface area contributed by atoms with E-state index >= 15 is 0 Å². The molecular weight excluding hydrogens is 449 g/mol. The number of carbonyl (C=O) groups excluding carboxylic acids is 2. The van der Waals surface area contributed by atoms with Gasteiger partial charge in [0, 0.05) is 44.2 Å². The molecule has 0 radical (unpaired) electrons. The van der Waals surface area contributed by atoms with Crippen LogP contribution in [0.15, 0.2) is 41.2 Å². The molecule has 0 unspecified atom stereocenters. The Balaban J connectivity index is 1.31. The van der Waals surface area contributed by atoms with Crippen LogP contribution in [0.4, 0.5) is 10.1 Å². The minimum Gasteiger partial charge on any atom is -0.351 e. The summed E-state index contributed by atoms with van der Waals surface area (Å²) in [6, 6.07) is 9.16. The van der Waals surface area contributed by atoms with Crippen molar-refractivity contribution >= 4 is 40.1 Å². The smallest absolute Gasteiger partial charge is 0.326 e. The fourth-order valence-electron chi connectivity index (χ4n) is 4.30. The Kier molecular flexibility index (Phi) is 6.80. The molecule has 0 bridgehead atoms. The molecule has 3 N–H and O–H groups in total. The van der Waals surface area contributed by atoms with E-state index in [-0.39, 0.29) is 34.8 Å². The summed E-state index contributed by atoms with van der Waals surface area (Å²) in [4.78, 5) is 41.5. The van der Waals surface area contributed by atoms with Crippen molar-refractivity contribution in [2.24, 2.45) is 0 Å². The molecule has 0 saturated carbocycles. The van der Waals surface area contributed by atoms with Crippen LogP contribution in [0.25, 0.3) is 11.0 Å². The lowest BCUT2D eigenvalue weighted by molar-refractivity contribution is -0.114. The molecule has 0 atom stereocenters. The molecule has 2 heterocycles. The fraction of sp³-hybridized carbons (Fsp3) is 0.348. The van der Waals surface area contributed by atoms with E-state index in [1.54, 1.807) is 12.1 Å². The standard InChI is InChI=1S/C23H25ClFN5O3/c1-14(31)27-19-13-16(25)3-4-18(19)22(32)26-8-11-29-9-6-17(7-10-29)30-21-5-2-15(24)12-20(21)28-23(30)33/h2-5,12-13,17H,6-11H2,1H3,(H,26,32)(H,27,31)(H,28,33). The highest BCUT2D eigenvalue weighted by Gasteiger charge is 2.23. The third kappa shape index (κ3) is 5.26. The van der Waals surface area contributed by atoms with Crippen molar-refractivity contribution in [2.45, 2.75) is 25.8 Å². The third-order valence-corrected chi connectivity index (χ3v) is 6.09. The number of hydrogen-bond acceptors (Lipinski definition) is 4. The van der Waals surface area contributed by atoms with Gasteiger partial charge in [-0.3, -0.25) is 14.2 Å². The number of piperidine rings is 1. The number of aromatic nitrogens is 2. The van der Waals surface area contributed by atoms with Gasteiger partial charge in [-0.05, 0) is 49.2 Å². The maximum atomic E-state index is 13.5. The first kappa shape index (κ1) is 23.0. The quantitative estimate of drug-likeness (QED) is 0.512. The van der Waals surface area contributed by atoms with Crippen molar-refractivity contribution < 1.29 is 14.0 Å². The van der Waals surface area contributed by atoms with Crippen molar-refractivity contribution in [1.29, 1.82) is 0 Å². The number of amides is 2. The van der Waals surface area contributed by atoms with E-state index in [0.717, 1.165) is 43.0 Å². The van der Waals surface area contributed by atoms with Crippen molar-refractivity contribution in [3.63, 3.8) is 0 Å². The topological polar surface area (TPSA) is 99.2 Å². The van der Waals surface area contributed by atoms with E-state index < -0.39 is 5.82 Å². The Labute approximate surface area is 194 Å². The summed E-state index contributed by atoms with van der Waals surface area (Å²) < 4.78 is 15.3. The molecule has 0 spiro atoms. The number of rotatable bonds is 6. The zero-order valence-corrected chi connectivity index (χ0v) is 18.9. The van der Waals surface area contributed by atoms with Crippen molar-refractivity contribution in [2.75, 3.05) is 31.5 Å². The molecule has 2 aromatic carbocycles. The zero-order chi connectivity index (χ0) is 23.5. The molecule has 174 valence electrons. The minimum atomic E-state index is -0.532. The number of nitrogens with zero attached hydrogens (tertiary/aromatic N) is 2. The predicted molar refractivity (Wildman–Crippen MR) is 125 cm³/mol. The number of hydrogen-bond donors (Lipinski definition) is 3. The molecule has 1 fully saturated rings. The second kappa shape index (κ2) is 9.76. The molecule has 1 aromatic heterocycles. The van der Waals surface area contributed by atoms with E-state index in [1.807, 2.05) is 10.6 Å². The van der Waals surface area contributed by atoms with Gasteiger partial charge in [0.25, 0.3) is 5.91 Å². The molecule has 1 aliphatic heterocycles. The SMILES string of the molecule is CC(=O)Nc1cc(F)ccc1C(=O)NCCN1CCC(n2c(=O)[nH]c3cc(Cl)ccc32)CC1. The molecule has 1 saturated heterocycles. The van der Waals surface area contributed by atoms with E-state index in [2.05, 4.69) is 20.5 Å². The molecule has 10 heteroatoms. The van der Waals surface area contributed by atoms with Gasteiger partial charge in [0.05, 0.1) is 22.3 Å². The zero-order valence-electron chi connectivity index (χ0n) is 18.2. The van der Waals surface area contributed by atoms with Gasteiger partial charge in [0.15, 0.2) is 0 Å². The summed E-state index contributed by atoms with van der Waals surface area (Å²) in [5.74, 6) is -1.29. The highest BCUT2D eigenvalue weighted by atomic mass is 35.5. The summed E-state index contributed by atoms with van der Waals surface area (Å²) in [6.07, 6.45) is 1.63. The van der Waals surface area contributed by atoms with Crippen LogP contribution in [0.5, 0.6) is 0 Å². The number of nitrogens with one attached hydrogen (secondary N) is 3. The van der Waals surface area contributed by atoms with Crippen LogP contribution >= 0.6 is 11.6 Å². The van der Waals surface area contributed by atoms with Gasteiger partial charge >= 0.3 is 5.69 Å². The van der Waals surface area contributed by atoms with E-state index in [9.17, 15) is 18.8 Å². The van der Waals surface area contributed by atoms with Crippen LogP contribution in [0, 0.1) is 5.82 Å². The van der Waals surface area contributed by atoms with Gasteiger partial charge in [-0.1, -0.05) is 11.6 Å². The second-order valence-electron chi connectivity index (χ2n) is 8.16. The van der Waals surface area contributed by atoms with Crippen LogP contribution in [0.3, 0.4) is 0 Å². The summed E-state index contributed by atoms with van der Waals surface area (Å²) in [5, 5.41) is 5.90. The lowest BCUT2D eigenvalue weighted by Crippen LogP contribution is -2.41. The first-order valence-corrected chi connectivity index (χ1v) is 11.2. The van der Waals surface area contributed by atoms with Gasteiger partial charge < -0.3 is 20.5 Å². The Bertz CT molecular complexity index is 1250. The minimum absolute atomic E-state index is 0.0951. The van der Waals surface area contributed by atoms with Crippen LogP contribution in [0.2, 0.25) is 5.02 Å². The molecule has 2 amide bonds. The molecule has 3 aromatic rings. The van der Waals surface area contributed by atoms with Gasteiger partial charge in [-0.15, -0.1) is 0 Å². The molecule has 8 nitrogen and oxygen atoms in total. The highest BCUT2D eigenvalue weighted by molar-refractivity contribution is 6.31. The molecule has 1 aliphatic rings.